The second-order valence-electron chi connectivity index (χ2n) is 5.27. The fourth-order valence-electron chi connectivity index (χ4n) is 2.30. The Hall–Kier alpha value is -3.41. The number of benzene rings is 2. The third-order valence-electron chi connectivity index (χ3n) is 3.52. The molecule has 0 bridgehead atoms. The Morgan fingerprint density at radius 2 is 1.64 bits per heavy atom. The predicted octanol–water partition coefficient (Wildman–Crippen LogP) is 3.47. The van der Waals surface area contributed by atoms with Crippen molar-refractivity contribution in [1.82, 2.24) is 0 Å². The topological polar surface area (TPSA) is 82.5 Å². The second kappa shape index (κ2) is 7.00. The Bertz CT molecular complexity index is 887. The molecule has 2 N–H and O–H groups in total. The molecule has 3 aromatic rings. The smallest absolute Gasteiger partial charge is 0.375 e. The molecular formula is C19H14FNO4. The number of amides is 1. The van der Waals surface area contributed by atoms with Gasteiger partial charge in [-0.2, -0.15) is 0 Å². The molecule has 2 aromatic carbocycles. The van der Waals surface area contributed by atoms with Crippen LogP contribution in [0.1, 0.15) is 22.2 Å². The van der Waals surface area contributed by atoms with Crippen molar-refractivity contribution in [2.45, 2.75) is 6.10 Å². The molecule has 1 atom stereocenters. The van der Waals surface area contributed by atoms with Gasteiger partial charge in [0.2, 0.25) is 11.9 Å². The minimum atomic E-state index is -1.21. The van der Waals surface area contributed by atoms with Gasteiger partial charge in [0.15, 0.2) is 0 Å². The number of hydrogen-bond acceptors (Lipinski definition) is 4. The van der Waals surface area contributed by atoms with Crippen molar-refractivity contribution >= 4 is 11.9 Å². The Balaban J connectivity index is 1.79. The van der Waals surface area contributed by atoms with Gasteiger partial charge in [-0.1, -0.05) is 30.3 Å². The average Bonchev–Trinajstić information content (AvgIpc) is 3.11. The van der Waals surface area contributed by atoms with E-state index in [0.29, 0.717) is 16.9 Å². The van der Waals surface area contributed by atoms with Crippen LogP contribution < -0.4 is 5.73 Å². The number of ether oxygens (including phenoxy) is 1. The Kier molecular flexibility index (Phi) is 4.61. The van der Waals surface area contributed by atoms with Crippen LogP contribution in [0.3, 0.4) is 0 Å². The van der Waals surface area contributed by atoms with Crippen molar-refractivity contribution in [3.63, 3.8) is 0 Å². The van der Waals surface area contributed by atoms with Gasteiger partial charge in [-0.05, 0) is 36.4 Å². The number of esters is 1. The second-order valence-corrected chi connectivity index (χ2v) is 5.27. The molecule has 0 aliphatic heterocycles. The molecule has 0 saturated heterocycles. The zero-order valence-corrected chi connectivity index (χ0v) is 13.0. The fourth-order valence-corrected chi connectivity index (χ4v) is 2.30. The number of carbonyl (C=O) groups is 2. The van der Waals surface area contributed by atoms with Gasteiger partial charge in [0.05, 0.1) is 0 Å². The van der Waals surface area contributed by atoms with E-state index < -0.39 is 18.0 Å². The first-order valence-electron chi connectivity index (χ1n) is 7.45. The largest absolute Gasteiger partial charge is 0.449 e. The maximum absolute atomic E-state index is 13.0. The number of rotatable bonds is 5. The average molecular weight is 339 g/mol. The molecule has 6 heteroatoms. The first-order valence-corrected chi connectivity index (χ1v) is 7.45. The first kappa shape index (κ1) is 16.4. The lowest BCUT2D eigenvalue weighted by atomic mass is 10.1. The normalized spacial score (nSPS) is 11.7. The Morgan fingerprint density at radius 1 is 0.960 bits per heavy atom. The zero-order chi connectivity index (χ0) is 17.8. The summed E-state index contributed by atoms with van der Waals surface area (Å²) < 4.78 is 23.6. The van der Waals surface area contributed by atoms with Crippen LogP contribution in [0, 0.1) is 5.82 Å². The fraction of sp³-hybridized carbons (Fsp3) is 0.0526. The Labute approximate surface area is 142 Å². The van der Waals surface area contributed by atoms with Gasteiger partial charge in [0.1, 0.15) is 11.6 Å². The van der Waals surface area contributed by atoms with Gasteiger partial charge < -0.3 is 14.9 Å². The van der Waals surface area contributed by atoms with Crippen molar-refractivity contribution in [2.24, 2.45) is 5.73 Å². The van der Waals surface area contributed by atoms with Crippen LogP contribution in [0.25, 0.3) is 11.3 Å². The monoisotopic (exact) mass is 339 g/mol. The number of halogens is 1. The SMILES string of the molecule is NC(=O)[C@@H](OC(=O)c1ccc(-c2ccc(F)cc2)o1)c1ccccc1. The highest BCUT2D eigenvalue weighted by Gasteiger charge is 2.25. The van der Waals surface area contributed by atoms with E-state index >= 15 is 0 Å². The van der Waals surface area contributed by atoms with Gasteiger partial charge >= 0.3 is 5.97 Å². The van der Waals surface area contributed by atoms with E-state index in [1.165, 1.54) is 30.3 Å². The maximum Gasteiger partial charge on any atom is 0.375 e. The van der Waals surface area contributed by atoms with Crippen molar-refractivity contribution in [1.29, 1.82) is 0 Å². The summed E-state index contributed by atoms with van der Waals surface area (Å²) in [6.45, 7) is 0. The molecule has 0 saturated carbocycles. The first-order chi connectivity index (χ1) is 12.0. The van der Waals surface area contributed by atoms with Gasteiger partial charge in [-0.25, -0.2) is 9.18 Å². The molecule has 5 nitrogen and oxygen atoms in total. The number of carbonyl (C=O) groups excluding carboxylic acids is 2. The number of nitrogens with two attached hydrogens (primary N) is 1. The molecule has 0 aliphatic carbocycles. The van der Waals surface area contributed by atoms with E-state index in [1.807, 2.05) is 0 Å². The predicted molar refractivity (Wildman–Crippen MR) is 87.9 cm³/mol. The highest BCUT2D eigenvalue weighted by Crippen LogP contribution is 2.24. The van der Waals surface area contributed by atoms with Crippen molar-refractivity contribution < 1.29 is 23.1 Å². The number of hydrogen-bond donors (Lipinski definition) is 1. The van der Waals surface area contributed by atoms with Crippen LogP contribution in [-0.4, -0.2) is 11.9 Å². The van der Waals surface area contributed by atoms with Crippen LogP contribution in [0.4, 0.5) is 4.39 Å². The van der Waals surface area contributed by atoms with Gasteiger partial charge in [-0.3, -0.25) is 4.79 Å². The van der Waals surface area contributed by atoms with Gasteiger partial charge in [-0.15, -0.1) is 0 Å². The summed E-state index contributed by atoms with van der Waals surface area (Å²) in [7, 11) is 0. The maximum atomic E-state index is 13.0. The molecule has 1 heterocycles. The molecule has 0 fully saturated rings. The van der Waals surface area contributed by atoms with E-state index in [-0.39, 0.29) is 11.6 Å². The lowest BCUT2D eigenvalue weighted by Gasteiger charge is -2.14. The van der Waals surface area contributed by atoms with Crippen molar-refractivity contribution in [3.05, 3.63) is 83.9 Å². The highest BCUT2D eigenvalue weighted by molar-refractivity contribution is 5.90. The molecule has 0 spiro atoms. The van der Waals surface area contributed by atoms with E-state index in [4.69, 9.17) is 14.9 Å². The zero-order valence-electron chi connectivity index (χ0n) is 13.0. The van der Waals surface area contributed by atoms with Crippen LogP contribution in [-0.2, 0) is 9.53 Å². The van der Waals surface area contributed by atoms with Crippen LogP contribution in [0.2, 0.25) is 0 Å². The molecular weight excluding hydrogens is 325 g/mol. The van der Waals surface area contributed by atoms with Crippen molar-refractivity contribution in [2.75, 3.05) is 0 Å². The van der Waals surface area contributed by atoms with Gasteiger partial charge in [0, 0.05) is 11.1 Å². The quantitative estimate of drug-likeness (QED) is 0.722. The third-order valence-corrected chi connectivity index (χ3v) is 3.52. The van der Waals surface area contributed by atoms with E-state index in [1.54, 1.807) is 36.4 Å². The molecule has 3 rings (SSSR count). The lowest BCUT2D eigenvalue weighted by Crippen LogP contribution is -2.26. The molecule has 25 heavy (non-hydrogen) atoms. The minimum Gasteiger partial charge on any atom is -0.449 e. The molecule has 126 valence electrons. The summed E-state index contributed by atoms with van der Waals surface area (Å²) in [5, 5.41) is 0. The molecule has 1 aromatic heterocycles. The highest BCUT2D eigenvalue weighted by atomic mass is 19.1. The van der Waals surface area contributed by atoms with E-state index in [2.05, 4.69) is 0 Å². The summed E-state index contributed by atoms with van der Waals surface area (Å²) in [6.07, 6.45) is -1.21. The van der Waals surface area contributed by atoms with E-state index in [0.717, 1.165) is 0 Å². The molecule has 1 amide bonds. The summed E-state index contributed by atoms with van der Waals surface area (Å²) in [5.41, 5.74) is 6.40. The molecule has 0 unspecified atom stereocenters. The molecule has 0 radical (unpaired) electrons. The third kappa shape index (κ3) is 3.74. The van der Waals surface area contributed by atoms with Crippen LogP contribution in [0.5, 0.6) is 0 Å². The number of primary amides is 1. The van der Waals surface area contributed by atoms with Crippen LogP contribution in [0.15, 0.2) is 71.1 Å². The van der Waals surface area contributed by atoms with Crippen molar-refractivity contribution in [3.8, 4) is 11.3 Å². The summed E-state index contributed by atoms with van der Waals surface area (Å²) >= 11 is 0. The van der Waals surface area contributed by atoms with E-state index in [9.17, 15) is 14.0 Å². The summed E-state index contributed by atoms with van der Waals surface area (Å²) in [4.78, 5) is 23.9. The van der Waals surface area contributed by atoms with Gasteiger partial charge in [0.25, 0.3) is 5.91 Å². The summed E-state index contributed by atoms with van der Waals surface area (Å²) in [6, 6.07) is 17.1. The Morgan fingerprint density at radius 3 is 2.28 bits per heavy atom. The lowest BCUT2D eigenvalue weighted by molar-refractivity contribution is -0.127. The minimum absolute atomic E-state index is 0.0819. The standard InChI is InChI=1S/C19H14FNO4/c20-14-8-6-12(7-9-14)15-10-11-16(24-15)19(23)25-17(18(21)22)13-4-2-1-3-5-13/h1-11,17H,(H2,21,22)/t17-/m0/s1. The van der Waals surface area contributed by atoms with Crippen LogP contribution >= 0.6 is 0 Å². The molecule has 0 aliphatic rings. The summed E-state index contributed by atoms with van der Waals surface area (Å²) in [5.74, 6) is -1.68. The number of furan rings is 1.